The minimum Gasteiger partial charge on any atom is -0.304 e. The quantitative estimate of drug-likeness (QED) is 0.582. The van der Waals surface area contributed by atoms with Crippen LogP contribution in [0.3, 0.4) is 0 Å². The predicted molar refractivity (Wildman–Crippen MR) is 56.0 cm³/mol. The van der Waals surface area contributed by atoms with E-state index in [0.717, 1.165) is 6.54 Å². The van der Waals surface area contributed by atoms with Crippen molar-refractivity contribution in [2.45, 2.75) is 0 Å². The van der Waals surface area contributed by atoms with Crippen molar-refractivity contribution in [3.8, 4) is 0 Å². The summed E-state index contributed by atoms with van der Waals surface area (Å²) in [5, 5.41) is 0. The number of halogens is 1. The van der Waals surface area contributed by atoms with Gasteiger partial charge < -0.3 is 4.90 Å². The van der Waals surface area contributed by atoms with E-state index in [4.69, 9.17) is 0 Å². The van der Waals surface area contributed by atoms with Crippen molar-refractivity contribution in [3.63, 3.8) is 0 Å². The van der Waals surface area contributed by atoms with Crippen molar-refractivity contribution in [3.05, 3.63) is 0 Å². The fraction of sp³-hybridized carbons (Fsp3) is 1.00. The van der Waals surface area contributed by atoms with E-state index in [1.165, 1.54) is 32.7 Å². The Morgan fingerprint density at radius 3 is 2.45 bits per heavy atom. The summed E-state index contributed by atoms with van der Waals surface area (Å²) in [5.74, 6) is 0. The van der Waals surface area contributed by atoms with Crippen LogP contribution in [0.4, 0.5) is 0 Å². The van der Waals surface area contributed by atoms with Gasteiger partial charge in [0, 0.05) is 62.1 Å². The number of hydrogen-bond donors (Lipinski definition) is 1. The molecule has 0 aromatic carbocycles. The van der Waals surface area contributed by atoms with Gasteiger partial charge >= 0.3 is 0 Å². The molecule has 66 valence electrons. The van der Waals surface area contributed by atoms with Crippen LogP contribution in [-0.4, -0.2) is 56.1 Å². The van der Waals surface area contributed by atoms with Gasteiger partial charge in [-0.05, 0) is 7.05 Å². The van der Waals surface area contributed by atoms with Crippen LogP contribution < -0.4 is 3.53 Å². The normalized spacial score (nSPS) is 22.4. The fourth-order valence-corrected chi connectivity index (χ4v) is 1.51. The Morgan fingerprint density at radius 1 is 1.27 bits per heavy atom. The highest BCUT2D eigenvalue weighted by Gasteiger charge is 2.11. The minimum absolute atomic E-state index is 1.10. The first-order chi connectivity index (χ1) is 5.33. The molecule has 11 heavy (non-hydrogen) atoms. The van der Waals surface area contributed by atoms with E-state index in [0.29, 0.717) is 0 Å². The molecule has 0 amide bonds. The van der Waals surface area contributed by atoms with Gasteiger partial charge in [0.05, 0.1) is 0 Å². The fourth-order valence-electron chi connectivity index (χ4n) is 1.27. The Morgan fingerprint density at radius 2 is 1.91 bits per heavy atom. The summed E-state index contributed by atoms with van der Waals surface area (Å²) in [4.78, 5) is 4.89. The van der Waals surface area contributed by atoms with Crippen molar-refractivity contribution in [1.29, 1.82) is 0 Å². The van der Waals surface area contributed by atoms with E-state index in [2.05, 4.69) is 43.2 Å². The van der Waals surface area contributed by atoms with Gasteiger partial charge in [-0.15, -0.1) is 0 Å². The molecule has 0 bridgehead atoms. The Balaban J connectivity index is 2.07. The van der Waals surface area contributed by atoms with E-state index in [-0.39, 0.29) is 0 Å². The number of nitrogens with zero attached hydrogens (tertiary/aromatic N) is 2. The van der Waals surface area contributed by atoms with E-state index >= 15 is 0 Å². The Labute approximate surface area is 82.6 Å². The Kier molecular flexibility index (Phi) is 4.66. The topological polar surface area (TPSA) is 18.5 Å². The number of rotatable bonds is 3. The smallest absolute Gasteiger partial charge is 0.0178 e. The first-order valence-electron chi connectivity index (χ1n) is 4.07. The molecular weight excluding hydrogens is 253 g/mol. The monoisotopic (exact) mass is 269 g/mol. The zero-order valence-corrected chi connectivity index (χ0v) is 9.17. The van der Waals surface area contributed by atoms with Crippen molar-refractivity contribution in [2.24, 2.45) is 0 Å². The van der Waals surface area contributed by atoms with Crippen LogP contribution in [0.5, 0.6) is 0 Å². The molecule has 1 aliphatic heterocycles. The van der Waals surface area contributed by atoms with Crippen LogP contribution in [0, 0.1) is 0 Å². The van der Waals surface area contributed by atoms with E-state index in [9.17, 15) is 0 Å². The van der Waals surface area contributed by atoms with Crippen LogP contribution in [0.1, 0.15) is 0 Å². The third-order valence-electron chi connectivity index (χ3n) is 2.12. The zero-order valence-electron chi connectivity index (χ0n) is 7.02. The average Bonchev–Trinajstić information content (AvgIpc) is 2.04. The number of nitrogens with one attached hydrogen (secondary N) is 1. The van der Waals surface area contributed by atoms with Gasteiger partial charge in [0.2, 0.25) is 0 Å². The highest BCUT2D eigenvalue weighted by molar-refractivity contribution is 14.1. The van der Waals surface area contributed by atoms with Gasteiger partial charge in [-0.1, -0.05) is 0 Å². The maximum absolute atomic E-state index is 3.14. The van der Waals surface area contributed by atoms with Crippen LogP contribution in [0.2, 0.25) is 0 Å². The van der Waals surface area contributed by atoms with Gasteiger partial charge in [0.25, 0.3) is 0 Å². The lowest BCUT2D eigenvalue weighted by molar-refractivity contribution is 0.157. The molecule has 4 heteroatoms. The Bertz CT molecular complexity index is 99.1. The summed E-state index contributed by atoms with van der Waals surface area (Å²) in [6.45, 7) is 7.20. The van der Waals surface area contributed by atoms with Crippen LogP contribution in [0.15, 0.2) is 0 Å². The van der Waals surface area contributed by atoms with Crippen molar-refractivity contribution in [2.75, 3.05) is 46.3 Å². The molecule has 1 heterocycles. The molecule has 0 aliphatic carbocycles. The lowest BCUT2D eigenvalue weighted by Gasteiger charge is -2.32. The summed E-state index contributed by atoms with van der Waals surface area (Å²) in [6, 6.07) is 0. The molecule has 1 fully saturated rings. The zero-order chi connectivity index (χ0) is 8.10. The second kappa shape index (κ2) is 5.29. The summed E-state index contributed by atoms with van der Waals surface area (Å²) in [7, 11) is 2.19. The lowest BCUT2D eigenvalue weighted by atomic mass is 10.3. The molecule has 1 saturated heterocycles. The summed E-state index contributed by atoms with van der Waals surface area (Å²) in [6.07, 6.45) is 0. The van der Waals surface area contributed by atoms with Crippen molar-refractivity contribution in [1.82, 2.24) is 13.3 Å². The molecule has 0 atom stereocenters. The van der Waals surface area contributed by atoms with Crippen LogP contribution >= 0.6 is 22.9 Å². The molecule has 1 N–H and O–H groups in total. The van der Waals surface area contributed by atoms with E-state index in [1.54, 1.807) is 0 Å². The maximum atomic E-state index is 3.14. The molecule has 0 saturated carbocycles. The molecule has 0 aromatic heterocycles. The maximum Gasteiger partial charge on any atom is 0.0178 e. The van der Waals surface area contributed by atoms with Gasteiger partial charge in [-0.2, -0.15) is 0 Å². The van der Waals surface area contributed by atoms with Crippen LogP contribution in [0.25, 0.3) is 0 Å². The molecule has 3 nitrogen and oxygen atoms in total. The summed E-state index contributed by atoms with van der Waals surface area (Å²) < 4.78 is 3.14. The molecule has 0 spiro atoms. The third-order valence-corrected chi connectivity index (χ3v) is 2.66. The standard InChI is InChI=1S/C7H16IN3/c1-10-4-6-11(7-5-10)3-2-9-8/h9H,2-7H2,1H3. The highest BCUT2D eigenvalue weighted by atomic mass is 127. The summed E-state index contributed by atoms with van der Waals surface area (Å²) in [5.41, 5.74) is 0. The molecule has 0 radical (unpaired) electrons. The molecule has 1 rings (SSSR count). The van der Waals surface area contributed by atoms with Crippen molar-refractivity contribution >= 4 is 22.9 Å². The predicted octanol–water partition coefficient (Wildman–Crippen LogP) is 0.173. The van der Waals surface area contributed by atoms with Crippen LogP contribution in [-0.2, 0) is 0 Å². The lowest BCUT2D eigenvalue weighted by Crippen LogP contribution is -2.45. The van der Waals surface area contributed by atoms with Crippen molar-refractivity contribution < 1.29 is 0 Å². The minimum atomic E-state index is 1.10. The second-order valence-electron chi connectivity index (χ2n) is 3.03. The number of piperazine rings is 1. The molecular formula is C7H16IN3. The first-order valence-corrected chi connectivity index (χ1v) is 5.15. The third kappa shape index (κ3) is 3.68. The van der Waals surface area contributed by atoms with E-state index < -0.39 is 0 Å². The molecule has 1 aliphatic rings. The van der Waals surface area contributed by atoms with Gasteiger partial charge in [0.15, 0.2) is 0 Å². The van der Waals surface area contributed by atoms with E-state index in [1.807, 2.05) is 0 Å². The number of likely N-dealkylation sites (N-methyl/N-ethyl adjacent to an activating group) is 1. The first kappa shape index (κ1) is 9.70. The van der Waals surface area contributed by atoms with Gasteiger partial charge in [-0.25, -0.2) is 0 Å². The van der Waals surface area contributed by atoms with Gasteiger partial charge in [-0.3, -0.25) is 8.43 Å². The van der Waals surface area contributed by atoms with Gasteiger partial charge in [0.1, 0.15) is 0 Å². The number of hydrogen-bond acceptors (Lipinski definition) is 3. The SMILES string of the molecule is CN1CCN(CCNI)CC1. The highest BCUT2D eigenvalue weighted by Crippen LogP contribution is 1.97. The average molecular weight is 269 g/mol. The summed E-state index contributed by atoms with van der Waals surface area (Å²) >= 11 is 2.20. The largest absolute Gasteiger partial charge is 0.304 e. The molecule has 0 aromatic rings. The Hall–Kier alpha value is 0.610. The second-order valence-corrected chi connectivity index (χ2v) is 3.79. The molecule has 0 unspecified atom stereocenters.